The van der Waals surface area contributed by atoms with E-state index in [1.54, 1.807) is 6.92 Å². The van der Waals surface area contributed by atoms with E-state index in [4.69, 9.17) is 18.9 Å². The first-order valence-corrected chi connectivity index (χ1v) is 21.1. The summed E-state index contributed by atoms with van der Waals surface area (Å²) in [5.41, 5.74) is -2.86. The first kappa shape index (κ1) is 43.8. The van der Waals surface area contributed by atoms with Crippen LogP contribution in [0.15, 0.2) is 11.6 Å². The van der Waals surface area contributed by atoms with Crippen LogP contribution in [-0.2, 0) is 23.7 Å². The third-order valence-corrected chi connectivity index (χ3v) is 17.8. The summed E-state index contributed by atoms with van der Waals surface area (Å²) < 4.78 is 22.9. The number of hydrogen-bond donors (Lipinski definition) is 10. The molecule has 0 aromatic rings. The molecule has 2 aliphatic heterocycles. The van der Waals surface area contributed by atoms with E-state index in [0.29, 0.717) is 32.1 Å². The van der Waals surface area contributed by atoms with Crippen molar-refractivity contribution >= 4 is 5.97 Å². The summed E-state index contributed by atoms with van der Waals surface area (Å²) in [6.45, 7) is 11.5. The van der Waals surface area contributed by atoms with Gasteiger partial charge in [-0.2, -0.15) is 0 Å². The first-order chi connectivity index (χ1) is 26.6. The lowest BCUT2D eigenvalue weighted by molar-refractivity contribution is -0.329. The first-order valence-electron chi connectivity index (χ1n) is 21.1. The molecule has 0 amide bonds. The van der Waals surface area contributed by atoms with Gasteiger partial charge in [-0.1, -0.05) is 46.3 Å². The van der Waals surface area contributed by atoms with Crippen LogP contribution in [0.3, 0.4) is 0 Å². The number of hydrogen-bond acceptors (Lipinski definition) is 15. The zero-order valence-electron chi connectivity index (χ0n) is 34.2. The van der Waals surface area contributed by atoms with E-state index in [1.807, 2.05) is 13.8 Å². The molecule has 15 heteroatoms. The third kappa shape index (κ3) is 6.26. The van der Waals surface area contributed by atoms with Gasteiger partial charge in [0.05, 0.1) is 36.9 Å². The fourth-order valence-electron chi connectivity index (χ4n) is 13.6. The molecule has 0 bridgehead atoms. The van der Waals surface area contributed by atoms with Crippen molar-refractivity contribution in [1.82, 2.24) is 0 Å². The van der Waals surface area contributed by atoms with Crippen molar-refractivity contribution in [2.24, 2.45) is 50.7 Å². The predicted octanol–water partition coefficient (Wildman–Crippen LogP) is 0.260. The van der Waals surface area contributed by atoms with E-state index in [1.165, 1.54) is 0 Å². The van der Waals surface area contributed by atoms with E-state index < -0.39 is 114 Å². The molecule has 2 saturated heterocycles. The normalized spacial score (nSPS) is 56.4. The van der Waals surface area contributed by atoms with E-state index in [9.17, 15) is 55.9 Å². The molecule has 21 atom stereocenters. The van der Waals surface area contributed by atoms with Crippen LogP contribution in [0.4, 0.5) is 0 Å². The van der Waals surface area contributed by atoms with Gasteiger partial charge in [-0.25, -0.2) is 0 Å². The van der Waals surface area contributed by atoms with Gasteiger partial charge in [0.15, 0.2) is 6.29 Å². The van der Waals surface area contributed by atoms with Crippen molar-refractivity contribution in [1.29, 1.82) is 0 Å². The highest BCUT2D eigenvalue weighted by atomic mass is 16.7. The van der Waals surface area contributed by atoms with Crippen LogP contribution < -0.4 is 0 Å². The Bertz CT molecular complexity index is 1540. The van der Waals surface area contributed by atoms with Crippen LogP contribution in [0.5, 0.6) is 0 Å². The Hall–Kier alpha value is -1.31. The molecule has 326 valence electrons. The molecule has 15 nitrogen and oxygen atoms in total. The average Bonchev–Trinajstić information content (AvgIpc) is 3.17. The topological polar surface area (TPSA) is 256 Å². The molecule has 5 aliphatic carbocycles. The maximum atomic E-state index is 14.9. The molecule has 2 heterocycles. The van der Waals surface area contributed by atoms with Gasteiger partial charge in [0.2, 0.25) is 6.29 Å². The minimum atomic E-state index is -1.85. The largest absolute Gasteiger partial charge is 0.432 e. The van der Waals surface area contributed by atoms with Crippen molar-refractivity contribution in [2.75, 3.05) is 19.8 Å². The Kier molecular flexibility index (Phi) is 11.5. The average molecular weight is 813 g/mol. The molecular formula is C42H68O15. The van der Waals surface area contributed by atoms with Gasteiger partial charge in [-0.3, -0.25) is 4.79 Å². The molecular weight excluding hydrogens is 744 g/mol. The molecule has 0 aromatic heterocycles. The molecule has 7 rings (SSSR count). The second-order valence-electron chi connectivity index (χ2n) is 20.2. The maximum Gasteiger partial charge on any atom is 0.315 e. The lowest BCUT2D eigenvalue weighted by atomic mass is 9.33. The van der Waals surface area contributed by atoms with Crippen molar-refractivity contribution in [3.63, 3.8) is 0 Å². The van der Waals surface area contributed by atoms with E-state index >= 15 is 0 Å². The standard InChI is InChI=1S/C42H68O15/c1-20-9-14-42(36(52)57-35-32(51)30(49)28(47)23(56-35)18-54-34-31(50)29(48)27(46)22(17-43)55-34)16-15-39(4)21(33(42)41(20,6)53)7-8-25-37(2)12-11-26(45)38(3,19-44)24(37)10-13-40(25,39)5/h7,20,22-35,43-51,53H,8-19H2,1-6H3/t20-,22-,23-,24-,25-,26+,27-,28-,29+,30+,31-,32-,33-,34-,35+,37+,38+,39-,40-,41-,42+/m1/s1. The van der Waals surface area contributed by atoms with Crippen LogP contribution in [0.2, 0.25) is 0 Å². The Morgan fingerprint density at radius 3 is 2.04 bits per heavy atom. The Labute approximate surface area is 335 Å². The number of esters is 1. The summed E-state index contributed by atoms with van der Waals surface area (Å²) in [4.78, 5) is 14.9. The van der Waals surface area contributed by atoms with Crippen molar-refractivity contribution in [3.05, 3.63) is 11.6 Å². The highest BCUT2D eigenvalue weighted by molar-refractivity contribution is 5.79. The number of carbonyl (C=O) groups excluding carboxylic acids is 1. The number of fused-ring (bicyclic) bond motifs is 7. The molecule has 7 aliphatic rings. The lowest BCUT2D eigenvalue weighted by Gasteiger charge is -2.72. The van der Waals surface area contributed by atoms with Crippen molar-refractivity contribution in [3.8, 4) is 0 Å². The van der Waals surface area contributed by atoms with Gasteiger partial charge in [0.1, 0.15) is 48.8 Å². The fourth-order valence-corrected chi connectivity index (χ4v) is 13.6. The number of aliphatic hydroxyl groups excluding tert-OH is 9. The molecule has 4 saturated carbocycles. The van der Waals surface area contributed by atoms with Gasteiger partial charge in [-0.15, -0.1) is 0 Å². The van der Waals surface area contributed by atoms with Gasteiger partial charge >= 0.3 is 5.97 Å². The second-order valence-corrected chi connectivity index (χ2v) is 20.2. The monoisotopic (exact) mass is 812 g/mol. The zero-order chi connectivity index (χ0) is 41.8. The Balaban J connectivity index is 1.16. The molecule has 0 aromatic carbocycles. The molecule has 0 radical (unpaired) electrons. The van der Waals surface area contributed by atoms with Gasteiger partial charge in [0, 0.05) is 11.3 Å². The number of allylic oxidation sites excluding steroid dienone is 1. The molecule has 0 spiro atoms. The number of aliphatic hydroxyl groups is 10. The molecule has 57 heavy (non-hydrogen) atoms. The summed E-state index contributed by atoms with van der Waals surface area (Å²) in [7, 11) is 0. The van der Waals surface area contributed by atoms with Gasteiger partial charge in [0.25, 0.3) is 0 Å². The van der Waals surface area contributed by atoms with E-state index in [-0.39, 0.29) is 35.2 Å². The molecule has 0 unspecified atom stereocenters. The van der Waals surface area contributed by atoms with Crippen LogP contribution >= 0.6 is 0 Å². The highest BCUT2D eigenvalue weighted by Crippen LogP contribution is 2.76. The Morgan fingerprint density at radius 1 is 0.754 bits per heavy atom. The van der Waals surface area contributed by atoms with Crippen LogP contribution in [0.1, 0.15) is 99.3 Å². The number of ether oxygens (including phenoxy) is 4. The summed E-state index contributed by atoms with van der Waals surface area (Å²) in [5, 5.41) is 107. The van der Waals surface area contributed by atoms with E-state index in [2.05, 4.69) is 26.8 Å². The van der Waals surface area contributed by atoms with Crippen molar-refractivity contribution < 1.29 is 74.8 Å². The van der Waals surface area contributed by atoms with Crippen molar-refractivity contribution in [2.45, 2.75) is 172 Å². The second kappa shape index (κ2) is 14.9. The summed E-state index contributed by atoms with van der Waals surface area (Å²) >= 11 is 0. The van der Waals surface area contributed by atoms with Crippen LogP contribution in [0, 0.1) is 50.7 Å². The van der Waals surface area contributed by atoms with Crippen LogP contribution in [0.25, 0.3) is 0 Å². The fraction of sp³-hybridized carbons (Fsp3) is 0.929. The SMILES string of the molecule is C[C@@H]1CC[C@]2(C(=O)O[C@@H]3O[C@H](CO[C@@H]4O[C@H](CO)[C@@H](O)[C@H](O)[C@H]4O)[C@@H](O)[C@H](O)[C@H]3O)CC[C@]3(C)C(=CC[C@@H]4[C@@]5(C)CC[C@H](O)[C@@](C)(CO)[C@@H]5CC[C@]43C)[C@@H]2[C@]1(C)O. The quantitative estimate of drug-likeness (QED) is 0.122. The maximum absolute atomic E-state index is 14.9. The van der Waals surface area contributed by atoms with Crippen LogP contribution in [-0.4, -0.2) is 150 Å². The zero-order valence-corrected chi connectivity index (χ0v) is 34.2. The van der Waals surface area contributed by atoms with Gasteiger partial charge < -0.3 is 70.0 Å². The lowest BCUT2D eigenvalue weighted by Crippen LogP contribution is -2.68. The molecule has 10 N–H and O–H groups in total. The summed E-state index contributed by atoms with van der Waals surface area (Å²) in [6.07, 6.45) is -8.87. The summed E-state index contributed by atoms with van der Waals surface area (Å²) in [6, 6.07) is 0. The number of rotatable bonds is 7. The van der Waals surface area contributed by atoms with E-state index in [0.717, 1.165) is 31.3 Å². The summed E-state index contributed by atoms with van der Waals surface area (Å²) in [5.74, 6) is -1.12. The number of carbonyl (C=O) groups is 1. The Morgan fingerprint density at radius 2 is 1.39 bits per heavy atom. The van der Waals surface area contributed by atoms with Gasteiger partial charge in [-0.05, 0) is 98.7 Å². The minimum absolute atomic E-state index is 0.0783. The smallest absolute Gasteiger partial charge is 0.315 e. The molecule has 6 fully saturated rings. The highest BCUT2D eigenvalue weighted by Gasteiger charge is 2.72. The predicted molar refractivity (Wildman–Crippen MR) is 200 cm³/mol. The minimum Gasteiger partial charge on any atom is -0.432 e. The third-order valence-electron chi connectivity index (χ3n) is 17.8.